The van der Waals surface area contributed by atoms with E-state index in [4.69, 9.17) is 27.9 Å². The minimum absolute atomic E-state index is 0.0343. The first-order valence-electron chi connectivity index (χ1n) is 5.38. The van der Waals surface area contributed by atoms with Gasteiger partial charge in [0.05, 0.1) is 10.9 Å². The van der Waals surface area contributed by atoms with E-state index in [0.717, 1.165) is 11.1 Å². The molecule has 2 aromatic carbocycles. The molecule has 0 atom stereocenters. The van der Waals surface area contributed by atoms with E-state index in [0.29, 0.717) is 17.4 Å². The van der Waals surface area contributed by atoms with Gasteiger partial charge in [-0.3, -0.25) is 0 Å². The van der Waals surface area contributed by atoms with Crippen molar-refractivity contribution in [2.75, 3.05) is 0 Å². The van der Waals surface area contributed by atoms with Crippen LogP contribution in [0.1, 0.15) is 11.1 Å². The van der Waals surface area contributed by atoms with E-state index < -0.39 is 5.82 Å². The highest BCUT2D eigenvalue weighted by molar-refractivity contribution is 6.30. The topological polar surface area (TPSA) is 9.23 Å². The van der Waals surface area contributed by atoms with E-state index >= 15 is 0 Å². The van der Waals surface area contributed by atoms with Crippen molar-refractivity contribution in [1.82, 2.24) is 0 Å². The lowest BCUT2D eigenvalue weighted by Crippen LogP contribution is -1.91. The normalized spacial score (nSPS) is 10.4. The summed E-state index contributed by atoms with van der Waals surface area (Å²) < 4.78 is 18.7. The zero-order valence-electron chi connectivity index (χ0n) is 9.71. The molecule has 18 heavy (non-hydrogen) atoms. The lowest BCUT2D eigenvalue weighted by molar-refractivity contribution is 0.476. The number of halogens is 3. The Morgan fingerprint density at radius 2 is 1.94 bits per heavy atom. The van der Waals surface area contributed by atoms with Crippen molar-refractivity contribution in [3.8, 4) is 11.5 Å². The van der Waals surface area contributed by atoms with Gasteiger partial charge in [-0.05, 0) is 25.1 Å². The Morgan fingerprint density at radius 3 is 2.61 bits per heavy atom. The van der Waals surface area contributed by atoms with Gasteiger partial charge in [0, 0.05) is 11.6 Å². The van der Waals surface area contributed by atoms with Crippen molar-refractivity contribution in [2.45, 2.75) is 12.8 Å². The average Bonchev–Trinajstić information content (AvgIpc) is 2.36. The predicted octanol–water partition coefficient (Wildman–Crippen LogP) is 5.32. The van der Waals surface area contributed by atoms with Crippen LogP contribution < -0.4 is 4.74 Å². The molecule has 0 fully saturated rings. The fourth-order valence-corrected chi connectivity index (χ4v) is 1.96. The van der Waals surface area contributed by atoms with Crippen LogP contribution >= 0.6 is 23.2 Å². The smallest absolute Gasteiger partial charge is 0.142 e. The van der Waals surface area contributed by atoms with Crippen molar-refractivity contribution in [3.63, 3.8) is 0 Å². The molecular weight excluding hydrogens is 274 g/mol. The maximum absolute atomic E-state index is 13.0. The molecule has 0 amide bonds. The number of rotatable bonds is 3. The van der Waals surface area contributed by atoms with Crippen LogP contribution in [0.2, 0.25) is 5.02 Å². The molecule has 0 radical (unpaired) electrons. The Hall–Kier alpha value is -1.25. The zero-order valence-corrected chi connectivity index (χ0v) is 11.2. The molecule has 0 saturated carbocycles. The highest BCUT2D eigenvalue weighted by atomic mass is 35.5. The lowest BCUT2D eigenvalue weighted by Gasteiger charge is -2.10. The second kappa shape index (κ2) is 5.59. The number of hydrogen-bond acceptors (Lipinski definition) is 1. The van der Waals surface area contributed by atoms with E-state index in [1.54, 1.807) is 0 Å². The minimum Gasteiger partial charge on any atom is -0.457 e. The summed E-state index contributed by atoms with van der Waals surface area (Å²) in [5.41, 5.74) is 1.99. The molecule has 0 N–H and O–H groups in total. The lowest BCUT2D eigenvalue weighted by atomic mass is 10.1. The second-order valence-corrected chi connectivity index (χ2v) is 4.60. The van der Waals surface area contributed by atoms with Crippen molar-refractivity contribution in [2.24, 2.45) is 0 Å². The van der Waals surface area contributed by atoms with Gasteiger partial charge in [0.1, 0.15) is 17.3 Å². The number of alkyl halides is 1. The fraction of sp³-hybridized carbons (Fsp3) is 0.143. The van der Waals surface area contributed by atoms with E-state index in [1.165, 1.54) is 18.2 Å². The molecule has 2 aromatic rings. The van der Waals surface area contributed by atoms with Gasteiger partial charge in [-0.2, -0.15) is 0 Å². The first kappa shape index (κ1) is 13.2. The second-order valence-electron chi connectivity index (χ2n) is 3.92. The Labute approximate surface area is 115 Å². The first-order valence-corrected chi connectivity index (χ1v) is 6.30. The summed E-state index contributed by atoms with van der Waals surface area (Å²) in [5, 5.41) is 0.0343. The molecule has 0 unspecified atom stereocenters. The highest BCUT2D eigenvalue weighted by Crippen LogP contribution is 2.29. The Morgan fingerprint density at radius 1 is 1.17 bits per heavy atom. The summed E-state index contributed by atoms with van der Waals surface area (Å²) in [5.74, 6) is 1.02. The molecule has 4 heteroatoms. The summed E-state index contributed by atoms with van der Waals surface area (Å²) in [4.78, 5) is 0. The van der Waals surface area contributed by atoms with Gasteiger partial charge in [-0.15, -0.1) is 11.6 Å². The molecule has 94 valence electrons. The Bertz CT molecular complexity index is 570. The van der Waals surface area contributed by atoms with Crippen LogP contribution in [0.25, 0.3) is 0 Å². The largest absolute Gasteiger partial charge is 0.457 e. The maximum Gasteiger partial charge on any atom is 0.142 e. The van der Waals surface area contributed by atoms with Crippen LogP contribution in [0.15, 0.2) is 36.4 Å². The standard InChI is InChI=1S/C14H11Cl2FO/c1-9-2-5-14(10(6-9)8-15)18-11-3-4-13(17)12(16)7-11/h2-7H,8H2,1H3. The van der Waals surface area contributed by atoms with Crippen LogP contribution in [-0.4, -0.2) is 0 Å². The quantitative estimate of drug-likeness (QED) is 0.693. The third-order valence-corrected chi connectivity index (χ3v) is 3.06. The third kappa shape index (κ3) is 2.95. The average molecular weight is 285 g/mol. The molecule has 0 spiro atoms. The molecule has 0 aromatic heterocycles. The fourth-order valence-electron chi connectivity index (χ4n) is 1.58. The summed E-state index contributed by atoms with van der Waals surface area (Å²) in [6.07, 6.45) is 0. The molecule has 0 saturated heterocycles. The van der Waals surface area contributed by atoms with Crippen molar-refractivity contribution >= 4 is 23.2 Å². The SMILES string of the molecule is Cc1ccc(Oc2ccc(F)c(Cl)c2)c(CCl)c1. The predicted molar refractivity (Wildman–Crippen MR) is 72.2 cm³/mol. The van der Waals surface area contributed by atoms with Crippen molar-refractivity contribution in [3.05, 3.63) is 58.4 Å². The van der Waals surface area contributed by atoms with Gasteiger partial charge in [-0.25, -0.2) is 4.39 Å². The maximum atomic E-state index is 13.0. The van der Waals surface area contributed by atoms with Gasteiger partial charge in [0.25, 0.3) is 0 Å². The zero-order chi connectivity index (χ0) is 13.1. The molecule has 0 aliphatic carbocycles. The molecule has 1 nitrogen and oxygen atoms in total. The van der Waals surface area contributed by atoms with Crippen molar-refractivity contribution < 1.29 is 9.13 Å². The summed E-state index contributed by atoms with van der Waals surface area (Å²) in [6.45, 7) is 1.98. The molecule has 0 aliphatic rings. The molecule has 2 rings (SSSR count). The van der Waals surface area contributed by atoms with E-state index in [2.05, 4.69) is 0 Å². The number of aryl methyl sites for hydroxylation is 1. The van der Waals surface area contributed by atoms with E-state index in [9.17, 15) is 4.39 Å². The molecule has 0 heterocycles. The third-order valence-electron chi connectivity index (χ3n) is 2.48. The molecule has 0 bridgehead atoms. The molecule has 0 aliphatic heterocycles. The number of ether oxygens (including phenoxy) is 1. The Kier molecular flexibility index (Phi) is 4.10. The van der Waals surface area contributed by atoms with E-state index in [-0.39, 0.29) is 5.02 Å². The van der Waals surface area contributed by atoms with Crippen LogP contribution in [0.4, 0.5) is 4.39 Å². The van der Waals surface area contributed by atoms with Crippen LogP contribution in [-0.2, 0) is 5.88 Å². The monoisotopic (exact) mass is 284 g/mol. The minimum atomic E-state index is -0.467. The van der Waals surface area contributed by atoms with Gasteiger partial charge < -0.3 is 4.74 Å². The van der Waals surface area contributed by atoms with Gasteiger partial charge in [0.15, 0.2) is 0 Å². The van der Waals surface area contributed by atoms with E-state index in [1.807, 2.05) is 25.1 Å². The van der Waals surface area contributed by atoms with Crippen molar-refractivity contribution in [1.29, 1.82) is 0 Å². The van der Waals surface area contributed by atoms with Crippen LogP contribution in [0.3, 0.4) is 0 Å². The van der Waals surface area contributed by atoms with Gasteiger partial charge >= 0.3 is 0 Å². The first-order chi connectivity index (χ1) is 8.60. The summed E-state index contributed by atoms with van der Waals surface area (Å²) in [6, 6.07) is 9.95. The highest BCUT2D eigenvalue weighted by Gasteiger charge is 2.06. The number of benzene rings is 2. The summed E-state index contributed by atoms with van der Waals surface area (Å²) >= 11 is 11.6. The van der Waals surface area contributed by atoms with Crippen LogP contribution in [0.5, 0.6) is 11.5 Å². The van der Waals surface area contributed by atoms with Gasteiger partial charge in [0.2, 0.25) is 0 Å². The van der Waals surface area contributed by atoms with Gasteiger partial charge in [-0.1, -0.05) is 29.3 Å². The summed E-state index contributed by atoms with van der Waals surface area (Å²) in [7, 11) is 0. The Balaban J connectivity index is 2.30. The van der Waals surface area contributed by atoms with Crippen LogP contribution in [0, 0.1) is 12.7 Å². The molecular formula is C14H11Cl2FO. The number of hydrogen-bond donors (Lipinski definition) is 0.